The van der Waals surface area contributed by atoms with Gasteiger partial charge in [-0.1, -0.05) is 24.3 Å². The highest BCUT2D eigenvalue weighted by Gasteiger charge is 2.35. The Kier molecular flexibility index (Phi) is 6.96. The van der Waals surface area contributed by atoms with Gasteiger partial charge < -0.3 is 24.4 Å². The summed E-state index contributed by atoms with van der Waals surface area (Å²) >= 11 is 0. The topological polar surface area (TPSA) is 90.0 Å². The molecule has 34 heavy (non-hydrogen) atoms. The molecule has 2 amide bonds. The Morgan fingerprint density at radius 1 is 1.03 bits per heavy atom. The van der Waals surface area contributed by atoms with Gasteiger partial charge in [0.15, 0.2) is 11.5 Å². The summed E-state index contributed by atoms with van der Waals surface area (Å²) in [6, 6.07) is 16.1. The molecule has 1 aromatic heterocycles. The predicted molar refractivity (Wildman–Crippen MR) is 126 cm³/mol. The first-order valence-corrected chi connectivity index (χ1v) is 10.9. The summed E-state index contributed by atoms with van der Waals surface area (Å²) < 4.78 is 16.5. The summed E-state index contributed by atoms with van der Waals surface area (Å²) in [7, 11) is 4.60. The summed E-state index contributed by atoms with van der Waals surface area (Å²) in [5.74, 6) is 1.04. The van der Waals surface area contributed by atoms with E-state index in [1.165, 1.54) is 21.3 Å². The third-order valence-corrected chi connectivity index (χ3v) is 5.87. The molecule has 0 spiro atoms. The number of amides is 2. The molecule has 2 aromatic carbocycles. The van der Waals surface area contributed by atoms with Crippen LogP contribution in [0.4, 0.5) is 0 Å². The summed E-state index contributed by atoms with van der Waals surface area (Å²) in [4.78, 5) is 32.3. The van der Waals surface area contributed by atoms with E-state index in [0.717, 1.165) is 11.3 Å². The van der Waals surface area contributed by atoms with Crippen LogP contribution in [0, 0.1) is 0 Å². The molecule has 1 N–H and O–H groups in total. The number of benzene rings is 2. The van der Waals surface area contributed by atoms with Crippen LogP contribution in [0.25, 0.3) is 0 Å². The van der Waals surface area contributed by atoms with Crippen molar-refractivity contribution in [3.05, 3.63) is 83.2 Å². The van der Waals surface area contributed by atoms with Crippen LogP contribution >= 0.6 is 0 Å². The Morgan fingerprint density at radius 3 is 2.35 bits per heavy atom. The molecule has 3 aromatic rings. The molecular formula is C26H27N3O5. The second-order valence-electron chi connectivity index (χ2n) is 7.87. The Labute approximate surface area is 198 Å². The first-order chi connectivity index (χ1) is 16.5. The summed E-state index contributed by atoms with van der Waals surface area (Å²) in [6.45, 7) is 0.708. The van der Waals surface area contributed by atoms with E-state index < -0.39 is 6.04 Å². The zero-order valence-electron chi connectivity index (χ0n) is 19.4. The maximum absolute atomic E-state index is 13.3. The fourth-order valence-electron chi connectivity index (χ4n) is 4.17. The van der Waals surface area contributed by atoms with Gasteiger partial charge in [-0.25, -0.2) is 0 Å². The Bertz CT molecular complexity index is 1160. The molecule has 0 fully saturated rings. The molecular weight excluding hydrogens is 434 g/mol. The molecule has 0 radical (unpaired) electrons. The largest absolute Gasteiger partial charge is 0.493 e. The van der Waals surface area contributed by atoms with E-state index >= 15 is 0 Å². The monoisotopic (exact) mass is 461 g/mol. The molecule has 1 atom stereocenters. The lowest BCUT2D eigenvalue weighted by Crippen LogP contribution is -2.34. The van der Waals surface area contributed by atoms with Crippen LogP contribution in [-0.4, -0.2) is 43.0 Å². The summed E-state index contributed by atoms with van der Waals surface area (Å²) in [5.41, 5.74) is 3.04. The van der Waals surface area contributed by atoms with Gasteiger partial charge in [-0.3, -0.25) is 14.6 Å². The number of hydrogen-bond acceptors (Lipinski definition) is 6. The summed E-state index contributed by atoms with van der Waals surface area (Å²) in [5, 5.41) is 2.91. The van der Waals surface area contributed by atoms with E-state index in [-0.39, 0.29) is 18.2 Å². The Morgan fingerprint density at radius 2 is 1.74 bits per heavy atom. The van der Waals surface area contributed by atoms with Gasteiger partial charge in [-0.15, -0.1) is 0 Å². The van der Waals surface area contributed by atoms with Gasteiger partial charge in [-0.05, 0) is 41.5 Å². The first-order valence-electron chi connectivity index (χ1n) is 10.9. The molecule has 0 saturated carbocycles. The minimum atomic E-state index is -0.544. The van der Waals surface area contributed by atoms with E-state index in [1.807, 2.05) is 42.5 Å². The molecule has 8 nitrogen and oxygen atoms in total. The number of nitrogens with zero attached hydrogens (tertiary/aromatic N) is 2. The van der Waals surface area contributed by atoms with Gasteiger partial charge >= 0.3 is 0 Å². The van der Waals surface area contributed by atoms with Gasteiger partial charge in [0.1, 0.15) is 0 Å². The molecule has 0 aliphatic carbocycles. The fraction of sp³-hybridized carbons (Fsp3) is 0.269. The molecule has 0 unspecified atom stereocenters. The van der Waals surface area contributed by atoms with Crippen molar-refractivity contribution in [1.29, 1.82) is 0 Å². The molecule has 4 rings (SSSR count). The number of pyridine rings is 1. The van der Waals surface area contributed by atoms with Crippen molar-refractivity contribution in [1.82, 2.24) is 15.2 Å². The standard InChI is InChI=1S/C26H27N3O5/c1-32-22-12-18(13-23(33-2)25(22)34-3)21(14-24(30)28-15-19-9-6-7-11-27-19)29-16-17-8-4-5-10-20(17)26(29)31/h4-13,21H,14-16H2,1-3H3,(H,28,30)/t21-/m1/s1. The lowest BCUT2D eigenvalue weighted by molar-refractivity contribution is -0.122. The molecule has 176 valence electrons. The Balaban J connectivity index is 1.66. The zero-order chi connectivity index (χ0) is 24.1. The Hall–Kier alpha value is -4.07. The van der Waals surface area contributed by atoms with Gasteiger partial charge in [0, 0.05) is 18.3 Å². The van der Waals surface area contributed by atoms with Crippen LogP contribution in [0.3, 0.4) is 0 Å². The maximum Gasteiger partial charge on any atom is 0.255 e. The van der Waals surface area contributed by atoms with Crippen molar-refractivity contribution in [3.8, 4) is 17.2 Å². The van der Waals surface area contributed by atoms with E-state index in [9.17, 15) is 9.59 Å². The highest BCUT2D eigenvalue weighted by Crippen LogP contribution is 2.42. The fourth-order valence-corrected chi connectivity index (χ4v) is 4.17. The third-order valence-electron chi connectivity index (χ3n) is 5.87. The van der Waals surface area contributed by atoms with Crippen molar-refractivity contribution < 1.29 is 23.8 Å². The van der Waals surface area contributed by atoms with Crippen LogP contribution in [0.5, 0.6) is 17.2 Å². The van der Waals surface area contributed by atoms with E-state index in [4.69, 9.17) is 14.2 Å². The normalized spacial score (nSPS) is 13.3. The lowest BCUT2D eigenvalue weighted by atomic mass is 10.00. The summed E-state index contributed by atoms with van der Waals surface area (Å²) in [6.07, 6.45) is 1.74. The van der Waals surface area contributed by atoms with Gasteiger partial charge in [0.25, 0.3) is 5.91 Å². The second kappa shape index (κ2) is 10.2. The van der Waals surface area contributed by atoms with Crippen molar-refractivity contribution >= 4 is 11.8 Å². The van der Waals surface area contributed by atoms with Crippen LogP contribution in [0.2, 0.25) is 0 Å². The van der Waals surface area contributed by atoms with E-state index in [2.05, 4.69) is 10.3 Å². The number of carbonyl (C=O) groups excluding carboxylic acids is 2. The van der Waals surface area contributed by atoms with Crippen molar-refractivity contribution in [2.45, 2.75) is 25.6 Å². The van der Waals surface area contributed by atoms with Crippen LogP contribution in [0.15, 0.2) is 60.8 Å². The zero-order valence-corrected chi connectivity index (χ0v) is 19.4. The average Bonchev–Trinajstić information content (AvgIpc) is 3.21. The highest BCUT2D eigenvalue weighted by atomic mass is 16.5. The van der Waals surface area contributed by atoms with Crippen LogP contribution in [-0.2, 0) is 17.9 Å². The first kappa shape index (κ1) is 23.1. The van der Waals surface area contributed by atoms with E-state index in [1.54, 1.807) is 23.2 Å². The van der Waals surface area contributed by atoms with Crippen LogP contribution < -0.4 is 19.5 Å². The number of methoxy groups -OCH3 is 3. The van der Waals surface area contributed by atoms with Crippen molar-refractivity contribution in [2.24, 2.45) is 0 Å². The van der Waals surface area contributed by atoms with E-state index in [0.29, 0.717) is 41.5 Å². The minimum absolute atomic E-state index is 0.0607. The second-order valence-corrected chi connectivity index (χ2v) is 7.87. The minimum Gasteiger partial charge on any atom is -0.493 e. The highest BCUT2D eigenvalue weighted by molar-refractivity contribution is 5.99. The molecule has 1 aliphatic heterocycles. The number of carbonyl (C=O) groups is 2. The predicted octanol–water partition coefficient (Wildman–Crippen LogP) is 3.51. The number of nitrogens with one attached hydrogen (secondary N) is 1. The number of rotatable bonds is 9. The molecule has 0 bridgehead atoms. The number of aromatic nitrogens is 1. The molecule has 2 heterocycles. The lowest BCUT2D eigenvalue weighted by Gasteiger charge is -2.29. The molecule has 8 heteroatoms. The molecule has 1 aliphatic rings. The third kappa shape index (κ3) is 4.66. The van der Waals surface area contributed by atoms with Gasteiger partial charge in [0.2, 0.25) is 11.7 Å². The van der Waals surface area contributed by atoms with Crippen molar-refractivity contribution in [3.63, 3.8) is 0 Å². The number of hydrogen-bond donors (Lipinski definition) is 1. The SMILES string of the molecule is COc1cc([C@@H](CC(=O)NCc2ccccn2)N2Cc3ccccc3C2=O)cc(OC)c1OC. The molecule has 0 saturated heterocycles. The number of fused-ring (bicyclic) bond motifs is 1. The smallest absolute Gasteiger partial charge is 0.255 e. The van der Waals surface area contributed by atoms with Crippen LogP contribution in [0.1, 0.15) is 39.6 Å². The maximum atomic E-state index is 13.3. The van der Waals surface area contributed by atoms with Gasteiger partial charge in [-0.2, -0.15) is 0 Å². The van der Waals surface area contributed by atoms with Crippen molar-refractivity contribution in [2.75, 3.05) is 21.3 Å². The average molecular weight is 462 g/mol. The quantitative estimate of drug-likeness (QED) is 0.525. The number of ether oxygens (including phenoxy) is 3. The van der Waals surface area contributed by atoms with Gasteiger partial charge in [0.05, 0.1) is 46.0 Å².